The Bertz CT molecular complexity index is 368. The maximum Gasteiger partial charge on any atom is 0.306 e. The highest BCUT2D eigenvalue weighted by Gasteiger charge is 2.09. The van der Waals surface area contributed by atoms with Gasteiger partial charge in [-0.05, 0) is 18.6 Å². The van der Waals surface area contributed by atoms with Crippen molar-refractivity contribution in [3.8, 4) is 5.75 Å². The average Bonchev–Trinajstić information content (AvgIpc) is 2.16. The highest BCUT2D eigenvalue weighted by molar-refractivity contribution is 9.11. The van der Waals surface area contributed by atoms with Gasteiger partial charge in [0, 0.05) is 20.9 Å². The molecule has 0 unspecified atom stereocenters. The van der Waals surface area contributed by atoms with Crippen LogP contribution in [0.1, 0.15) is 25.3 Å². The maximum atomic E-state index is 11.2. The van der Waals surface area contributed by atoms with Gasteiger partial charge in [0.05, 0.1) is 0 Å². The topological polar surface area (TPSA) is 46.5 Å². The molecule has 0 bridgehead atoms. The van der Waals surface area contributed by atoms with Crippen LogP contribution in [0.15, 0.2) is 21.1 Å². The van der Waals surface area contributed by atoms with Crippen molar-refractivity contribution in [2.45, 2.75) is 26.4 Å². The fraction of sp³-hybridized carbons (Fsp3) is 0.364. The first-order valence-electron chi connectivity index (χ1n) is 4.87. The molecule has 16 heavy (non-hydrogen) atoms. The zero-order valence-electron chi connectivity index (χ0n) is 8.80. The van der Waals surface area contributed by atoms with Gasteiger partial charge in [-0.1, -0.05) is 38.8 Å². The number of carbonyl (C=O) groups is 1. The zero-order valence-corrected chi connectivity index (χ0v) is 12.0. The number of halogens is 2. The SMILES string of the molecule is CCCC(=O)OCc1c(Br)cc(O)cc1Br. The minimum Gasteiger partial charge on any atom is -0.508 e. The monoisotopic (exact) mass is 350 g/mol. The summed E-state index contributed by atoms with van der Waals surface area (Å²) in [6.07, 6.45) is 1.20. The molecular weight excluding hydrogens is 340 g/mol. The highest BCUT2D eigenvalue weighted by atomic mass is 79.9. The fourth-order valence-electron chi connectivity index (χ4n) is 1.16. The van der Waals surface area contributed by atoms with Crippen molar-refractivity contribution >= 4 is 37.8 Å². The summed E-state index contributed by atoms with van der Waals surface area (Å²) < 4.78 is 6.51. The number of phenolic OH excluding ortho intramolecular Hbond substituents is 1. The van der Waals surface area contributed by atoms with Crippen LogP contribution in [-0.2, 0) is 16.1 Å². The summed E-state index contributed by atoms with van der Waals surface area (Å²) in [5.41, 5.74) is 0.808. The standard InChI is InChI=1S/C11H12Br2O3/c1-2-3-11(15)16-6-8-9(12)4-7(14)5-10(8)13/h4-5,14H,2-3,6H2,1H3. The summed E-state index contributed by atoms with van der Waals surface area (Å²) in [5.74, 6) is -0.0586. The van der Waals surface area contributed by atoms with Crippen LogP contribution in [0.5, 0.6) is 5.75 Å². The number of ether oxygens (including phenoxy) is 1. The number of esters is 1. The lowest BCUT2D eigenvalue weighted by Crippen LogP contribution is -2.04. The van der Waals surface area contributed by atoms with Crippen molar-refractivity contribution in [2.24, 2.45) is 0 Å². The largest absolute Gasteiger partial charge is 0.508 e. The van der Waals surface area contributed by atoms with Gasteiger partial charge in [0.2, 0.25) is 0 Å². The Hall–Kier alpha value is -0.550. The van der Waals surface area contributed by atoms with Gasteiger partial charge >= 0.3 is 5.97 Å². The molecule has 1 aromatic rings. The quantitative estimate of drug-likeness (QED) is 0.840. The normalized spacial score (nSPS) is 10.2. The third-order valence-corrected chi connectivity index (χ3v) is 3.37. The Balaban J connectivity index is 2.70. The van der Waals surface area contributed by atoms with Crippen LogP contribution in [0.4, 0.5) is 0 Å². The van der Waals surface area contributed by atoms with Crippen LogP contribution in [0.2, 0.25) is 0 Å². The van der Waals surface area contributed by atoms with Crippen molar-refractivity contribution in [2.75, 3.05) is 0 Å². The van der Waals surface area contributed by atoms with Gasteiger partial charge in [-0.3, -0.25) is 4.79 Å². The molecule has 0 atom stereocenters. The van der Waals surface area contributed by atoms with E-state index >= 15 is 0 Å². The smallest absolute Gasteiger partial charge is 0.306 e. The minimum absolute atomic E-state index is 0.155. The van der Waals surface area contributed by atoms with E-state index in [1.54, 1.807) is 12.1 Å². The van der Waals surface area contributed by atoms with E-state index in [-0.39, 0.29) is 18.3 Å². The molecule has 0 aliphatic heterocycles. The van der Waals surface area contributed by atoms with Crippen LogP contribution in [0, 0.1) is 0 Å². The first-order chi connectivity index (χ1) is 7.54. The van der Waals surface area contributed by atoms with Crippen molar-refractivity contribution < 1.29 is 14.6 Å². The third kappa shape index (κ3) is 3.79. The first-order valence-corrected chi connectivity index (χ1v) is 6.45. The van der Waals surface area contributed by atoms with Crippen molar-refractivity contribution in [3.63, 3.8) is 0 Å². The van der Waals surface area contributed by atoms with Gasteiger partial charge in [0.1, 0.15) is 12.4 Å². The van der Waals surface area contributed by atoms with Gasteiger partial charge in [0.25, 0.3) is 0 Å². The van der Waals surface area contributed by atoms with E-state index in [1.807, 2.05) is 6.92 Å². The molecule has 0 fully saturated rings. The van der Waals surface area contributed by atoms with E-state index in [0.717, 1.165) is 12.0 Å². The van der Waals surface area contributed by atoms with Crippen LogP contribution in [-0.4, -0.2) is 11.1 Å². The van der Waals surface area contributed by atoms with Gasteiger partial charge in [-0.25, -0.2) is 0 Å². The van der Waals surface area contributed by atoms with Gasteiger partial charge in [-0.15, -0.1) is 0 Å². The molecule has 0 amide bonds. The molecule has 1 rings (SSSR count). The Morgan fingerprint density at radius 3 is 2.44 bits per heavy atom. The van der Waals surface area contributed by atoms with E-state index in [1.165, 1.54) is 0 Å². The van der Waals surface area contributed by atoms with Crippen LogP contribution in [0.25, 0.3) is 0 Å². The molecule has 0 spiro atoms. The van der Waals surface area contributed by atoms with Gasteiger partial charge in [0.15, 0.2) is 0 Å². The average molecular weight is 352 g/mol. The number of hydrogen-bond acceptors (Lipinski definition) is 3. The Morgan fingerprint density at radius 2 is 1.94 bits per heavy atom. The van der Waals surface area contributed by atoms with E-state index < -0.39 is 0 Å². The number of hydrogen-bond donors (Lipinski definition) is 1. The summed E-state index contributed by atoms with van der Waals surface area (Å²) in [5, 5.41) is 9.31. The molecule has 0 heterocycles. The van der Waals surface area contributed by atoms with Crippen molar-refractivity contribution in [1.82, 2.24) is 0 Å². The second-order valence-corrected chi connectivity index (χ2v) is 5.01. The zero-order chi connectivity index (χ0) is 12.1. The summed E-state index contributed by atoms with van der Waals surface area (Å²) in [6.45, 7) is 2.12. The second kappa shape index (κ2) is 6.25. The molecule has 0 aliphatic rings. The molecule has 0 aliphatic carbocycles. The van der Waals surface area contributed by atoms with Gasteiger partial charge in [-0.2, -0.15) is 0 Å². The predicted molar refractivity (Wildman–Crippen MR) is 68.2 cm³/mol. The van der Waals surface area contributed by atoms with E-state index in [9.17, 15) is 9.90 Å². The van der Waals surface area contributed by atoms with Crippen molar-refractivity contribution in [1.29, 1.82) is 0 Å². The molecule has 0 radical (unpaired) electrons. The molecule has 88 valence electrons. The number of benzene rings is 1. The molecule has 0 saturated heterocycles. The van der Waals surface area contributed by atoms with Crippen LogP contribution >= 0.6 is 31.9 Å². The molecule has 1 aromatic carbocycles. The Morgan fingerprint density at radius 1 is 1.38 bits per heavy atom. The molecular formula is C11H12Br2O3. The Labute approximate surface area is 111 Å². The number of rotatable bonds is 4. The fourth-order valence-corrected chi connectivity index (χ4v) is 2.55. The number of phenols is 1. The van der Waals surface area contributed by atoms with Crippen molar-refractivity contribution in [3.05, 3.63) is 26.6 Å². The predicted octanol–water partition coefficient (Wildman–Crippen LogP) is 3.76. The molecule has 0 saturated carbocycles. The summed E-state index contributed by atoms with van der Waals surface area (Å²) >= 11 is 6.61. The third-order valence-electron chi connectivity index (χ3n) is 1.96. The molecule has 3 nitrogen and oxygen atoms in total. The van der Waals surface area contributed by atoms with E-state index in [0.29, 0.717) is 15.4 Å². The van der Waals surface area contributed by atoms with Gasteiger partial charge < -0.3 is 9.84 Å². The van der Waals surface area contributed by atoms with E-state index in [2.05, 4.69) is 31.9 Å². The minimum atomic E-state index is -0.214. The molecule has 0 aromatic heterocycles. The first kappa shape index (κ1) is 13.5. The highest BCUT2D eigenvalue weighted by Crippen LogP contribution is 2.30. The lowest BCUT2D eigenvalue weighted by Gasteiger charge is -2.09. The summed E-state index contributed by atoms with van der Waals surface area (Å²) in [4.78, 5) is 11.2. The maximum absolute atomic E-state index is 11.2. The second-order valence-electron chi connectivity index (χ2n) is 3.30. The number of aromatic hydroxyl groups is 1. The molecule has 1 N–H and O–H groups in total. The van der Waals surface area contributed by atoms with Crippen LogP contribution < -0.4 is 0 Å². The number of carbonyl (C=O) groups excluding carboxylic acids is 1. The van der Waals surface area contributed by atoms with E-state index in [4.69, 9.17) is 4.74 Å². The summed E-state index contributed by atoms with van der Waals surface area (Å²) in [7, 11) is 0. The lowest BCUT2D eigenvalue weighted by molar-refractivity contribution is -0.145. The Kier molecular flexibility index (Phi) is 5.28. The molecule has 5 heteroatoms. The lowest BCUT2D eigenvalue weighted by atomic mass is 10.2. The van der Waals surface area contributed by atoms with Crippen LogP contribution in [0.3, 0.4) is 0 Å². The summed E-state index contributed by atoms with van der Waals surface area (Å²) in [6, 6.07) is 3.13.